The van der Waals surface area contributed by atoms with E-state index in [0.717, 1.165) is 53.8 Å². The summed E-state index contributed by atoms with van der Waals surface area (Å²) >= 11 is 0. The highest BCUT2D eigenvalue weighted by Gasteiger charge is 2.07. The lowest BCUT2D eigenvalue weighted by Crippen LogP contribution is -2.10. The summed E-state index contributed by atoms with van der Waals surface area (Å²) in [6.07, 6.45) is 3.98. The molecule has 5 N–H and O–H groups in total. The van der Waals surface area contributed by atoms with Crippen LogP contribution in [0, 0.1) is 5.41 Å². The van der Waals surface area contributed by atoms with Gasteiger partial charge in [0, 0.05) is 11.3 Å². The summed E-state index contributed by atoms with van der Waals surface area (Å²) in [5, 5.41) is 7.53. The maximum atomic E-state index is 7.53. The van der Waals surface area contributed by atoms with Gasteiger partial charge in [0.15, 0.2) is 0 Å². The molecule has 0 amide bonds. The fourth-order valence-electron chi connectivity index (χ4n) is 3.35. The van der Waals surface area contributed by atoms with E-state index in [0.29, 0.717) is 6.61 Å². The van der Waals surface area contributed by atoms with Crippen molar-refractivity contribution in [3.63, 3.8) is 0 Å². The molecule has 0 unspecified atom stereocenters. The average molecular weight is 388 g/mol. The standard InChI is InChI=1S/C25H29N3O/c1-2-4-22-17-21(19-8-10-20(11-9-19)25(27)28)12-15-24(22)29-16-3-5-18-6-13-23(26)14-7-18/h6-15,17H,2-5,16,26H2,1H3,(H3,27,28). The molecule has 3 aromatic carbocycles. The minimum atomic E-state index is 0.0888. The van der Waals surface area contributed by atoms with Crippen molar-refractivity contribution in [3.05, 3.63) is 83.4 Å². The van der Waals surface area contributed by atoms with Crippen LogP contribution in [0.5, 0.6) is 5.75 Å². The topological polar surface area (TPSA) is 85.1 Å². The molecule has 3 rings (SSSR count). The van der Waals surface area contributed by atoms with E-state index in [1.165, 1.54) is 11.1 Å². The van der Waals surface area contributed by atoms with Crippen LogP contribution in [0.3, 0.4) is 0 Å². The summed E-state index contributed by atoms with van der Waals surface area (Å²) in [6, 6.07) is 22.2. The predicted octanol–water partition coefficient (Wildman–Crippen LogP) is 5.18. The highest BCUT2D eigenvalue weighted by Crippen LogP contribution is 2.28. The van der Waals surface area contributed by atoms with Crippen molar-refractivity contribution in [1.29, 1.82) is 5.41 Å². The van der Waals surface area contributed by atoms with Crippen molar-refractivity contribution >= 4 is 11.5 Å². The van der Waals surface area contributed by atoms with Crippen molar-refractivity contribution < 1.29 is 4.74 Å². The molecule has 0 fully saturated rings. The number of amidine groups is 1. The number of ether oxygens (including phenoxy) is 1. The van der Waals surface area contributed by atoms with E-state index in [9.17, 15) is 0 Å². The molecule has 4 nitrogen and oxygen atoms in total. The molecule has 0 bridgehead atoms. The second-order valence-corrected chi connectivity index (χ2v) is 7.26. The first-order chi connectivity index (χ1) is 14.1. The van der Waals surface area contributed by atoms with Gasteiger partial charge in [-0.1, -0.05) is 55.8 Å². The number of nitrogen functional groups attached to an aromatic ring is 2. The lowest BCUT2D eigenvalue weighted by atomic mass is 9.99. The van der Waals surface area contributed by atoms with Crippen LogP contribution in [-0.4, -0.2) is 12.4 Å². The Morgan fingerprint density at radius 1 is 0.897 bits per heavy atom. The molecule has 0 saturated heterocycles. The number of benzene rings is 3. The van der Waals surface area contributed by atoms with Gasteiger partial charge in [0.2, 0.25) is 0 Å². The molecule has 0 aromatic heterocycles. The molecule has 0 saturated carbocycles. The molecule has 150 valence electrons. The maximum Gasteiger partial charge on any atom is 0.122 e. The molecule has 4 heteroatoms. The zero-order chi connectivity index (χ0) is 20.6. The van der Waals surface area contributed by atoms with E-state index in [2.05, 4.69) is 37.3 Å². The van der Waals surface area contributed by atoms with Crippen LogP contribution in [0.25, 0.3) is 11.1 Å². The molecule has 0 heterocycles. The number of aryl methyl sites for hydroxylation is 2. The van der Waals surface area contributed by atoms with Crippen molar-refractivity contribution in [3.8, 4) is 16.9 Å². The molecular weight excluding hydrogens is 358 g/mol. The largest absolute Gasteiger partial charge is 0.493 e. The SMILES string of the molecule is CCCc1cc(-c2ccc(C(=N)N)cc2)ccc1OCCCc1ccc(N)cc1. The van der Waals surface area contributed by atoms with Gasteiger partial charge >= 0.3 is 0 Å². The van der Waals surface area contributed by atoms with Crippen molar-refractivity contribution in [1.82, 2.24) is 0 Å². The Hall–Kier alpha value is -3.27. The molecule has 0 radical (unpaired) electrons. The van der Waals surface area contributed by atoms with Crippen LogP contribution < -0.4 is 16.2 Å². The van der Waals surface area contributed by atoms with Gasteiger partial charge in [-0.25, -0.2) is 0 Å². The third kappa shape index (κ3) is 5.61. The molecule has 0 atom stereocenters. The smallest absolute Gasteiger partial charge is 0.122 e. The Labute approximate surface area is 173 Å². The Kier molecular flexibility index (Phi) is 6.90. The molecular formula is C25H29N3O. The van der Waals surface area contributed by atoms with E-state index in [-0.39, 0.29) is 5.84 Å². The first-order valence-electron chi connectivity index (χ1n) is 10.1. The first-order valence-corrected chi connectivity index (χ1v) is 10.1. The van der Waals surface area contributed by atoms with E-state index < -0.39 is 0 Å². The Morgan fingerprint density at radius 2 is 1.59 bits per heavy atom. The van der Waals surface area contributed by atoms with Crippen LogP contribution in [0.15, 0.2) is 66.7 Å². The summed E-state index contributed by atoms with van der Waals surface area (Å²) in [7, 11) is 0. The summed E-state index contributed by atoms with van der Waals surface area (Å²) in [6.45, 7) is 2.87. The van der Waals surface area contributed by atoms with Gasteiger partial charge in [0.25, 0.3) is 0 Å². The number of nitrogens with one attached hydrogen (secondary N) is 1. The first kappa shape index (κ1) is 20.5. The second-order valence-electron chi connectivity index (χ2n) is 7.26. The van der Waals surface area contributed by atoms with Gasteiger partial charge < -0.3 is 16.2 Å². The predicted molar refractivity (Wildman–Crippen MR) is 122 cm³/mol. The molecule has 29 heavy (non-hydrogen) atoms. The van der Waals surface area contributed by atoms with Crippen LogP contribution in [0.1, 0.15) is 36.5 Å². The number of hydrogen-bond donors (Lipinski definition) is 3. The monoisotopic (exact) mass is 387 g/mol. The van der Waals surface area contributed by atoms with Gasteiger partial charge in [-0.05, 0) is 65.8 Å². The van der Waals surface area contributed by atoms with E-state index >= 15 is 0 Å². The number of rotatable bonds is 9. The molecule has 0 aliphatic rings. The lowest BCUT2D eigenvalue weighted by Gasteiger charge is -2.13. The quantitative estimate of drug-likeness (QED) is 0.205. The second kappa shape index (κ2) is 9.78. The summed E-state index contributed by atoms with van der Waals surface area (Å²) < 4.78 is 6.11. The van der Waals surface area contributed by atoms with Crippen LogP contribution in [0.2, 0.25) is 0 Å². The van der Waals surface area contributed by atoms with Crippen molar-refractivity contribution in [2.45, 2.75) is 32.6 Å². The minimum Gasteiger partial charge on any atom is -0.493 e. The summed E-state index contributed by atoms with van der Waals surface area (Å²) in [4.78, 5) is 0. The van der Waals surface area contributed by atoms with E-state index in [4.69, 9.17) is 21.6 Å². The lowest BCUT2D eigenvalue weighted by molar-refractivity contribution is 0.308. The van der Waals surface area contributed by atoms with E-state index in [1.807, 2.05) is 36.4 Å². The van der Waals surface area contributed by atoms with Crippen molar-refractivity contribution in [2.24, 2.45) is 5.73 Å². The Bertz CT molecular complexity index is 947. The highest BCUT2D eigenvalue weighted by atomic mass is 16.5. The van der Waals surface area contributed by atoms with Crippen LogP contribution in [-0.2, 0) is 12.8 Å². The van der Waals surface area contributed by atoms with Gasteiger partial charge in [-0.3, -0.25) is 5.41 Å². The zero-order valence-corrected chi connectivity index (χ0v) is 16.9. The van der Waals surface area contributed by atoms with Crippen LogP contribution >= 0.6 is 0 Å². The average Bonchev–Trinajstić information content (AvgIpc) is 2.73. The van der Waals surface area contributed by atoms with Gasteiger partial charge in [0.05, 0.1) is 6.61 Å². The van der Waals surface area contributed by atoms with Gasteiger partial charge in [0.1, 0.15) is 11.6 Å². The number of anilines is 1. The fourth-order valence-corrected chi connectivity index (χ4v) is 3.35. The van der Waals surface area contributed by atoms with Gasteiger partial charge in [-0.15, -0.1) is 0 Å². The third-order valence-corrected chi connectivity index (χ3v) is 4.96. The molecule has 3 aromatic rings. The Balaban J connectivity index is 1.65. The normalized spacial score (nSPS) is 10.7. The minimum absolute atomic E-state index is 0.0888. The Morgan fingerprint density at radius 3 is 2.24 bits per heavy atom. The fraction of sp³-hybridized carbons (Fsp3) is 0.240. The molecule has 0 spiro atoms. The zero-order valence-electron chi connectivity index (χ0n) is 16.9. The molecule has 0 aliphatic heterocycles. The van der Waals surface area contributed by atoms with Gasteiger partial charge in [-0.2, -0.15) is 0 Å². The third-order valence-electron chi connectivity index (χ3n) is 4.96. The number of nitrogens with two attached hydrogens (primary N) is 2. The number of hydrogen-bond acceptors (Lipinski definition) is 3. The summed E-state index contributed by atoms with van der Waals surface area (Å²) in [5.41, 5.74) is 17.6. The van der Waals surface area contributed by atoms with Crippen LogP contribution in [0.4, 0.5) is 5.69 Å². The molecule has 0 aliphatic carbocycles. The van der Waals surface area contributed by atoms with Crippen molar-refractivity contribution in [2.75, 3.05) is 12.3 Å². The maximum absolute atomic E-state index is 7.53. The summed E-state index contributed by atoms with van der Waals surface area (Å²) in [5.74, 6) is 1.05. The highest BCUT2D eigenvalue weighted by molar-refractivity contribution is 5.95. The van der Waals surface area contributed by atoms with E-state index in [1.54, 1.807) is 0 Å².